The van der Waals surface area contributed by atoms with Crippen molar-refractivity contribution in [1.82, 2.24) is 5.32 Å². The first-order chi connectivity index (χ1) is 10.1. The molecule has 0 radical (unpaired) electrons. The molecule has 2 heterocycles. The Hall–Kier alpha value is -1.79. The Labute approximate surface area is 123 Å². The van der Waals surface area contributed by atoms with Crippen molar-refractivity contribution in [2.75, 3.05) is 38.3 Å². The first-order valence-corrected chi connectivity index (χ1v) is 7.17. The van der Waals surface area contributed by atoms with Crippen molar-refractivity contribution in [2.45, 2.75) is 18.9 Å². The number of benzene rings is 1. The van der Waals surface area contributed by atoms with Crippen LogP contribution in [0.15, 0.2) is 18.2 Å². The van der Waals surface area contributed by atoms with E-state index in [-0.39, 0.29) is 18.0 Å². The molecule has 6 nitrogen and oxygen atoms in total. The third-order valence-corrected chi connectivity index (χ3v) is 3.72. The molecule has 2 aliphatic rings. The molecule has 0 saturated carbocycles. The van der Waals surface area contributed by atoms with Gasteiger partial charge in [-0.25, -0.2) is 0 Å². The molecule has 0 aromatic heterocycles. The maximum atomic E-state index is 12.0. The standard InChI is InChI=1S/C15H20N2O4/c1-15(4-5-19-10-15)16-9-14(18)17-11-2-3-12-13(8-11)21-7-6-20-12/h2-3,8,16H,4-7,9-10H2,1H3,(H,17,18). The molecule has 3 rings (SSSR count). The number of amides is 1. The van der Waals surface area contributed by atoms with Gasteiger partial charge in [0.1, 0.15) is 13.2 Å². The van der Waals surface area contributed by atoms with Crippen LogP contribution in [0.2, 0.25) is 0 Å². The lowest BCUT2D eigenvalue weighted by Crippen LogP contribution is -2.46. The van der Waals surface area contributed by atoms with Gasteiger partial charge in [-0.2, -0.15) is 0 Å². The van der Waals surface area contributed by atoms with Crippen LogP contribution in [0, 0.1) is 0 Å². The van der Waals surface area contributed by atoms with E-state index in [2.05, 4.69) is 17.6 Å². The molecule has 1 amide bonds. The van der Waals surface area contributed by atoms with Crippen LogP contribution in [0.5, 0.6) is 11.5 Å². The quantitative estimate of drug-likeness (QED) is 0.872. The number of carbonyl (C=O) groups excluding carboxylic acids is 1. The highest BCUT2D eigenvalue weighted by molar-refractivity contribution is 5.92. The topological polar surface area (TPSA) is 68.8 Å². The lowest BCUT2D eigenvalue weighted by molar-refractivity contribution is -0.115. The van der Waals surface area contributed by atoms with E-state index in [9.17, 15) is 4.79 Å². The molecular weight excluding hydrogens is 272 g/mol. The summed E-state index contributed by atoms with van der Waals surface area (Å²) in [4.78, 5) is 12.0. The van der Waals surface area contributed by atoms with Gasteiger partial charge in [-0.15, -0.1) is 0 Å². The Morgan fingerprint density at radius 3 is 2.81 bits per heavy atom. The Morgan fingerprint density at radius 1 is 1.24 bits per heavy atom. The van der Waals surface area contributed by atoms with Crippen LogP contribution >= 0.6 is 0 Å². The van der Waals surface area contributed by atoms with Gasteiger partial charge in [0.05, 0.1) is 13.2 Å². The number of carbonyl (C=O) groups is 1. The van der Waals surface area contributed by atoms with Crippen molar-refractivity contribution in [3.8, 4) is 11.5 Å². The molecule has 1 unspecified atom stereocenters. The number of hydrogen-bond donors (Lipinski definition) is 2. The first-order valence-electron chi connectivity index (χ1n) is 7.17. The Morgan fingerprint density at radius 2 is 2.05 bits per heavy atom. The second-order valence-corrected chi connectivity index (χ2v) is 5.62. The van der Waals surface area contributed by atoms with Crippen molar-refractivity contribution in [2.24, 2.45) is 0 Å². The molecule has 1 fully saturated rings. The van der Waals surface area contributed by atoms with Gasteiger partial charge in [-0.05, 0) is 25.5 Å². The van der Waals surface area contributed by atoms with Crippen LogP contribution < -0.4 is 20.1 Å². The summed E-state index contributed by atoms with van der Waals surface area (Å²) in [5, 5.41) is 6.10. The highest BCUT2D eigenvalue weighted by Crippen LogP contribution is 2.32. The van der Waals surface area contributed by atoms with Gasteiger partial charge < -0.3 is 24.8 Å². The van der Waals surface area contributed by atoms with E-state index in [0.29, 0.717) is 37.0 Å². The number of fused-ring (bicyclic) bond motifs is 1. The van der Waals surface area contributed by atoms with Gasteiger partial charge in [0.2, 0.25) is 5.91 Å². The minimum absolute atomic E-state index is 0.0835. The van der Waals surface area contributed by atoms with E-state index in [0.717, 1.165) is 13.0 Å². The van der Waals surface area contributed by atoms with Crippen molar-refractivity contribution < 1.29 is 19.0 Å². The predicted molar refractivity (Wildman–Crippen MR) is 77.9 cm³/mol. The van der Waals surface area contributed by atoms with Gasteiger partial charge in [-0.3, -0.25) is 4.79 Å². The lowest BCUT2D eigenvalue weighted by Gasteiger charge is -2.23. The lowest BCUT2D eigenvalue weighted by atomic mass is 10.0. The fourth-order valence-electron chi connectivity index (χ4n) is 2.43. The van der Waals surface area contributed by atoms with Gasteiger partial charge in [0, 0.05) is 23.9 Å². The second-order valence-electron chi connectivity index (χ2n) is 5.62. The molecular formula is C15H20N2O4. The minimum Gasteiger partial charge on any atom is -0.486 e. The zero-order valence-electron chi connectivity index (χ0n) is 12.1. The molecule has 114 valence electrons. The highest BCUT2D eigenvalue weighted by Gasteiger charge is 2.29. The monoisotopic (exact) mass is 292 g/mol. The minimum atomic E-state index is -0.107. The molecule has 21 heavy (non-hydrogen) atoms. The maximum Gasteiger partial charge on any atom is 0.238 e. The SMILES string of the molecule is CC1(NCC(=O)Nc2ccc3c(c2)OCCO3)CCOC1. The van der Waals surface area contributed by atoms with Crippen LogP contribution in [0.1, 0.15) is 13.3 Å². The summed E-state index contributed by atoms with van der Waals surface area (Å²) in [6.45, 7) is 4.80. The number of ether oxygens (including phenoxy) is 3. The molecule has 2 aliphatic heterocycles. The zero-order chi connectivity index (χ0) is 14.7. The molecule has 6 heteroatoms. The fraction of sp³-hybridized carbons (Fsp3) is 0.533. The summed E-state index contributed by atoms with van der Waals surface area (Å²) in [5.41, 5.74) is 0.600. The predicted octanol–water partition coefficient (Wildman–Crippen LogP) is 1.16. The van der Waals surface area contributed by atoms with Crippen LogP contribution in [0.3, 0.4) is 0 Å². The Kier molecular flexibility index (Phi) is 3.98. The van der Waals surface area contributed by atoms with E-state index in [1.54, 1.807) is 6.07 Å². The largest absolute Gasteiger partial charge is 0.486 e. The third-order valence-electron chi connectivity index (χ3n) is 3.72. The van der Waals surface area contributed by atoms with E-state index >= 15 is 0 Å². The van der Waals surface area contributed by atoms with Gasteiger partial charge >= 0.3 is 0 Å². The second kappa shape index (κ2) is 5.91. The van der Waals surface area contributed by atoms with Crippen LogP contribution in [0.4, 0.5) is 5.69 Å². The summed E-state index contributed by atoms with van der Waals surface area (Å²) < 4.78 is 16.3. The molecule has 0 aliphatic carbocycles. The van der Waals surface area contributed by atoms with E-state index < -0.39 is 0 Å². The van der Waals surface area contributed by atoms with E-state index in [1.807, 2.05) is 12.1 Å². The van der Waals surface area contributed by atoms with E-state index in [1.165, 1.54) is 0 Å². The van der Waals surface area contributed by atoms with Gasteiger partial charge in [0.15, 0.2) is 11.5 Å². The third kappa shape index (κ3) is 3.46. The van der Waals surface area contributed by atoms with Gasteiger partial charge in [0.25, 0.3) is 0 Å². The number of anilines is 1. The average molecular weight is 292 g/mol. The number of rotatable bonds is 4. The molecule has 0 bridgehead atoms. The molecule has 2 N–H and O–H groups in total. The van der Waals surface area contributed by atoms with Crippen molar-refractivity contribution in [3.63, 3.8) is 0 Å². The molecule has 1 saturated heterocycles. The molecule has 1 atom stereocenters. The summed E-state index contributed by atoms with van der Waals surface area (Å²) in [6.07, 6.45) is 0.921. The number of nitrogens with one attached hydrogen (secondary N) is 2. The van der Waals surface area contributed by atoms with Gasteiger partial charge in [-0.1, -0.05) is 0 Å². The van der Waals surface area contributed by atoms with Crippen molar-refractivity contribution in [3.05, 3.63) is 18.2 Å². The fourth-order valence-corrected chi connectivity index (χ4v) is 2.43. The number of hydrogen-bond acceptors (Lipinski definition) is 5. The molecule has 1 aromatic carbocycles. The van der Waals surface area contributed by atoms with Crippen LogP contribution in [-0.4, -0.2) is 44.4 Å². The first kappa shape index (κ1) is 14.2. The van der Waals surface area contributed by atoms with Crippen molar-refractivity contribution >= 4 is 11.6 Å². The summed E-state index contributed by atoms with van der Waals surface area (Å²) in [6, 6.07) is 5.41. The molecule has 0 spiro atoms. The summed E-state index contributed by atoms with van der Waals surface area (Å²) in [5.74, 6) is 1.30. The zero-order valence-corrected chi connectivity index (χ0v) is 12.1. The maximum absolute atomic E-state index is 12.0. The van der Waals surface area contributed by atoms with E-state index in [4.69, 9.17) is 14.2 Å². The Balaban J connectivity index is 1.55. The normalized spacial score (nSPS) is 23.9. The van der Waals surface area contributed by atoms with Crippen molar-refractivity contribution in [1.29, 1.82) is 0 Å². The van der Waals surface area contributed by atoms with Crippen LogP contribution in [-0.2, 0) is 9.53 Å². The smallest absolute Gasteiger partial charge is 0.238 e. The molecule has 1 aromatic rings. The Bertz CT molecular complexity index is 526. The highest BCUT2D eigenvalue weighted by atomic mass is 16.6. The summed E-state index contributed by atoms with van der Waals surface area (Å²) >= 11 is 0. The average Bonchev–Trinajstić information content (AvgIpc) is 2.92. The van der Waals surface area contributed by atoms with Crippen LogP contribution in [0.25, 0.3) is 0 Å². The summed E-state index contributed by atoms with van der Waals surface area (Å²) in [7, 11) is 0.